The summed E-state index contributed by atoms with van der Waals surface area (Å²) in [6, 6.07) is 0.226. The van der Waals surface area contributed by atoms with E-state index < -0.39 is 10.0 Å². The van der Waals surface area contributed by atoms with Crippen molar-refractivity contribution in [1.29, 1.82) is 0 Å². The molecule has 0 aliphatic heterocycles. The molecule has 2 fully saturated rings. The fraction of sp³-hybridized carbons (Fsp3) is 1.00. The van der Waals surface area contributed by atoms with Crippen LogP contribution in [0.4, 0.5) is 0 Å². The fourth-order valence-electron chi connectivity index (χ4n) is 2.75. The monoisotopic (exact) mass is 231 g/mol. The lowest BCUT2D eigenvalue weighted by atomic mass is 9.96. The van der Waals surface area contributed by atoms with Gasteiger partial charge in [-0.1, -0.05) is 32.1 Å². The molecule has 0 radical (unpaired) electrons. The van der Waals surface area contributed by atoms with Crippen LogP contribution in [0.5, 0.6) is 0 Å². The number of sulfonamides is 1. The van der Waals surface area contributed by atoms with E-state index in [4.69, 9.17) is 0 Å². The van der Waals surface area contributed by atoms with Crippen molar-refractivity contribution in [2.24, 2.45) is 0 Å². The Morgan fingerprint density at radius 1 is 0.800 bits per heavy atom. The van der Waals surface area contributed by atoms with E-state index in [9.17, 15) is 8.42 Å². The van der Waals surface area contributed by atoms with Crippen molar-refractivity contribution < 1.29 is 8.42 Å². The molecule has 0 saturated heterocycles. The third kappa shape index (κ3) is 2.94. The van der Waals surface area contributed by atoms with Crippen molar-refractivity contribution in [2.75, 3.05) is 0 Å². The minimum absolute atomic E-state index is 0.0978. The van der Waals surface area contributed by atoms with Crippen LogP contribution in [-0.4, -0.2) is 19.7 Å². The molecule has 1 N–H and O–H groups in total. The van der Waals surface area contributed by atoms with Crippen LogP contribution in [0.15, 0.2) is 0 Å². The Kier molecular flexibility index (Phi) is 3.67. The highest BCUT2D eigenvalue weighted by Gasteiger charge is 2.30. The van der Waals surface area contributed by atoms with E-state index in [0.29, 0.717) is 0 Å². The van der Waals surface area contributed by atoms with E-state index >= 15 is 0 Å². The van der Waals surface area contributed by atoms with Gasteiger partial charge >= 0.3 is 0 Å². The van der Waals surface area contributed by atoms with Gasteiger partial charge in [0.25, 0.3) is 0 Å². The first-order chi connectivity index (χ1) is 7.18. The molecular formula is C11H21NO2S. The van der Waals surface area contributed by atoms with Crippen molar-refractivity contribution in [2.45, 2.75) is 69.1 Å². The van der Waals surface area contributed by atoms with Crippen molar-refractivity contribution in [1.82, 2.24) is 4.72 Å². The molecule has 0 spiro atoms. The molecule has 0 unspecified atom stereocenters. The maximum Gasteiger partial charge on any atom is 0.214 e. The molecule has 2 aliphatic carbocycles. The molecule has 2 aliphatic rings. The van der Waals surface area contributed by atoms with E-state index in [1.807, 2.05) is 0 Å². The van der Waals surface area contributed by atoms with Crippen molar-refractivity contribution >= 4 is 10.0 Å². The molecule has 0 heterocycles. The van der Waals surface area contributed by atoms with E-state index in [1.54, 1.807) is 0 Å². The number of hydrogen-bond donors (Lipinski definition) is 1. The highest BCUT2D eigenvalue weighted by molar-refractivity contribution is 7.90. The average Bonchev–Trinajstić information content (AvgIpc) is 2.71. The number of nitrogens with one attached hydrogen (secondary N) is 1. The Balaban J connectivity index is 1.90. The van der Waals surface area contributed by atoms with Crippen LogP contribution in [0.25, 0.3) is 0 Å². The first-order valence-electron chi connectivity index (χ1n) is 6.19. The maximum atomic E-state index is 12.0. The van der Waals surface area contributed by atoms with Gasteiger partial charge in [0.2, 0.25) is 10.0 Å². The molecule has 0 amide bonds. The normalized spacial score (nSPS) is 25.9. The minimum Gasteiger partial charge on any atom is -0.212 e. The molecule has 2 rings (SSSR count). The van der Waals surface area contributed by atoms with Crippen molar-refractivity contribution in [3.63, 3.8) is 0 Å². The van der Waals surface area contributed by atoms with Crippen LogP contribution in [0, 0.1) is 0 Å². The van der Waals surface area contributed by atoms with Crippen LogP contribution >= 0.6 is 0 Å². The van der Waals surface area contributed by atoms with Crippen molar-refractivity contribution in [3.8, 4) is 0 Å². The van der Waals surface area contributed by atoms with E-state index in [1.165, 1.54) is 19.3 Å². The Bertz CT molecular complexity index is 288. The summed E-state index contributed by atoms with van der Waals surface area (Å²) in [7, 11) is -3.01. The Labute approximate surface area is 92.7 Å². The maximum absolute atomic E-state index is 12.0. The molecule has 0 aromatic heterocycles. The molecule has 0 bridgehead atoms. The smallest absolute Gasteiger partial charge is 0.212 e. The lowest BCUT2D eigenvalue weighted by Gasteiger charge is -2.24. The van der Waals surface area contributed by atoms with E-state index in [2.05, 4.69) is 4.72 Å². The summed E-state index contributed by atoms with van der Waals surface area (Å²) in [4.78, 5) is 0. The molecule has 4 heteroatoms. The lowest BCUT2D eigenvalue weighted by molar-refractivity contribution is 0.410. The topological polar surface area (TPSA) is 46.2 Å². The Morgan fingerprint density at radius 2 is 1.33 bits per heavy atom. The summed E-state index contributed by atoms with van der Waals surface area (Å²) < 4.78 is 26.9. The Morgan fingerprint density at radius 3 is 1.93 bits per heavy atom. The quantitative estimate of drug-likeness (QED) is 0.809. The van der Waals surface area contributed by atoms with E-state index in [0.717, 1.165) is 38.5 Å². The van der Waals surface area contributed by atoms with E-state index in [-0.39, 0.29) is 11.3 Å². The van der Waals surface area contributed by atoms with Gasteiger partial charge in [0.1, 0.15) is 0 Å². The molecule has 0 aromatic rings. The van der Waals surface area contributed by atoms with Gasteiger partial charge in [0.15, 0.2) is 0 Å². The van der Waals surface area contributed by atoms with Crippen LogP contribution < -0.4 is 4.72 Å². The van der Waals surface area contributed by atoms with Gasteiger partial charge in [-0.2, -0.15) is 0 Å². The van der Waals surface area contributed by atoms with Gasteiger partial charge in [-0.3, -0.25) is 0 Å². The van der Waals surface area contributed by atoms with Gasteiger partial charge in [-0.15, -0.1) is 0 Å². The van der Waals surface area contributed by atoms with Gasteiger partial charge in [0, 0.05) is 6.04 Å². The lowest BCUT2D eigenvalue weighted by Crippen LogP contribution is -2.41. The highest BCUT2D eigenvalue weighted by atomic mass is 32.2. The second kappa shape index (κ2) is 4.83. The molecule has 0 atom stereocenters. The predicted octanol–water partition coefficient (Wildman–Crippen LogP) is 2.18. The second-order valence-corrected chi connectivity index (χ2v) is 6.90. The summed E-state index contributed by atoms with van der Waals surface area (Å²) in [5.74, 6) is 0. The van der Waals surface area contributed by atoms with Gasteiger partial charge in [0.05, 0.1) is 5.25 Å². The average molecular weight is 231 g/mol. The third-order valence-electron chi connectivity index (χ3n) is 3.68. The van der Waals surface area contributed by atoms with Crippen LogP contribution in [0.3, 0.4) is 0 Å². The first kappa shape index (κ1) is 11.4. The highest BCUT2D eigenvalue weighted by Crippen LogP contribution is 2.26. The molecule has 3 nitrogen and oxygen atoms in total. The summed E-state index contributed by atoms with van der Waals surface area (Å²) in [5, 5.41) is -0.0978. The molecule has 88 valence electrons. The zero-order valence-corrected chi connectivity index (χ0v) is 10.1. The number of rotatable bonds is 3. The first-order valence-corrected chi connectivity index (χ1v) is 7.74. The van der Waals surface area contributed by atoms with Crippen LogP contribution in [0.1, 0.15) is 57.8 Å². The summed E-state index contributed by atoms with van der Waals surface area (Å²) in [5.41, 5.74) is 0. The van der Waals surface area contributed by atoms with Gasteiger partial charge in [-0.25, -0.2) is 13.1 Å². The molecule has 0 aromatic carbocycles. The predicted molar refractivity (Wildman–Crippen MR) is 61.2 cm³/mol. The van der Waals surface area contributed by atoms with Crippen LogP contribution in [-0.2, 0) is 10.0 Å². The zero-order chi connectivity index (χ0) is 10.7. The standard InChI is InChI=1S/C11H21NO2S/c13-15(14,11-8-4-5-9-11)12-10-6-2-1-3-7-10/h10-12H,1-9H2. The summed E-state index contributed by atoms with van der Waals surface area (Å²) >= 11 is 0. The molecule has 2 saturated carbocycles. The SMILES string of the molecule is O=S(=O)(NC1CCCCC1)C1CCCC1. The Hall–Kier alpha value is -0.0900. The molecular weight excluding hydrogens is 210 g/mol. The zero-order valence-electron chi connectivity index (χ0n) is 9.24. The third-order valence-corrected chi connectivity index (χ3v) is 5.69. The van der Waals surface area contributed by atoms with Gasteiger partial charge < -0.3 is 0 Å². The van der Waals surface area contributed by atoms with Crippen LogP contribution in [0.2, 0.25) is 0 Å². The molecule has 15 heavy (non-hydrogen) atoms. The summed E-state index contributed by atoms with van der Waals surface area (Å²) in [6.45, 7) is 0. The largest absolute Gasteiger partial charge is 0.214 e. The second-order valence-electron chi connectivity index (χ2n) is 4.90. The van der Waals surface area contributed by atoms with Gasteiger partial charge in [-0.05, 0) is 25.7 Å². The summed E-state index contributed by atoms with van der Waals surface area (Å²) in [6.07, 6.45) is 9.58. The van der Waals surface area contributed by atoms with Crippen molar-refractivity contribution in [3.05, 3.63) is 0 Å². The number of hydrogen-bond acceptors (Lipinski definition) is 2. The minimum atomic E-state index is -3.01. The fourth-order valence-corrected chi connectivity index (χ4v) is 4.59.